The lowest BCUT2D eigenvalue weighted by Gasteiger charge is -2.45. The first-order valence-electron chi connectivity index (χ1n) is 12.9. The number of carbonyl (C=O) groups is 2. The highest BCUT2D eigenvalue weighted by Gasteiger charge is 2.45. The molecule has 0 bridgehead atoms. The number of carbonyl (C=O) groups excluding carboxylic acids is 2. The van der Waals surface area contributed by atoms with Gasteiger partial charge in [0.1, 0.15) is 29.0 Å². The van der Waals surface area contributed by atoms with Crippen LogP contribution in [0.25, 0.3) is 10.9 Å². The number of piperidine rings is 1. The lowest BCUT2D eigenvalue weighted by Crippen LogP contribution is -2.61. The van der Waals surface area contributed by atoms with Crippen molar-refractivity contribution in [2.24, 2.45) is 5.73 Å². The Bertz CT molecular complexity index is 1420. The molecule has 0 spiro atoms. The van der Waals surface area contributed by atoms with Gasteiger partial charge in [-0.25, -0.2) is 19.2 Å². The van der Waals surface area contributed by atoms with E-state index in [0.717, 1.165) is 5.56 Å². The number of nitrogens with zero attached hydrogens (tertiary/aromatic N) is 4. The fourth-order valence-corrected chi connectivity index (χ4v) is 5.05. The number of hydrogen-bond acceptors (Lipinski definition) is 8. The molecule has 4 rings (SSSR count). The van der Waals surface area contributed by atoms with Crippen molar-refractivity contribution in [2.45, 2.75) is 51.3 Å². The van der Waals surface area contributed by atoms with Crippen molar-refractivity contribution in [1.82, 2.24) is 19.8 Å². The predicted octanol–water partition coefficient (Wildman–Crippen LogP) is 4.86. The summed E-state index contributed by atoms with van der Waals surface area (Å²) < 4.78 is 25.7. The first-order chi connectivity index (χ1) is 18.8. The second-order valence-electron chi connectivity index (χ2n) is 10.8. The van der Waals surface area contributed by atoms with Gasteiger partial charge in [0.25, 0.3) is 0 Å². The van der Waals surface area contributed by atoms with Crippen molar-refractivity contribution in [3.05, 3.63) is 53.1 Å². The average molecular weight is 573 g/mol. The molecule has 3 N–H and O–H groups in total. The van der Waals surface area contributed by atoms with Crippen molar-refractivity contribution in [1.29, 1.82) is 0 Å². The molecule has 2 amide bonds. The standard InChI is InChI=1S/C28H34ClFN6O4/c1-27(2,3)40-26(38)36-11-9-28(10-12-36,25(31)37)35(4)15-17-13-18-21(14-22(17)39-5)32-16-33-24(18)34-20-8-6-7-19(29)23(20)30/h6-8,13-14,16H,9-12,15H2,1-5H3,(H2,31,37)(H,32,33,34). The number of benzene rings is 2. The summed E-state index contributed by atoms with van der Waals surface area (Å²) in [6.07, 6.45) is 1.65. The summed E-state index contributed by atoms with van der Waals surface area (Å²) >= 11 is 5.95. The van der Waals surface area contributed by atoms with Gasteiger partial charge in [-0.3, -0.25) is 9.69 Å². The zero-order valence-corrected chi connectivity index (χ0v) is 24.0. The van der Waals surface area contributed by atoms with Gasteiger partial charge in [-0.05, 0) is 58.9 Å². The maximum absolute atomic E-state index is 14.6. The third-order valence-corrected chi connectivity index (χ3v) is 7.37. The van der Waals surface area contributed by atoms with Gasteiger partial charge in [-0.1, -0.05) is 17.7 Å². The quantitative estimate of drug-likeness (QED) is 0.411. The number of nitrogens with two attached hydrogens (primary N) is 1. The van der Waals surface area contributed by atoms with Gasteiger partial charge in [0.2, 0.25) is 5.91 Å². The molecule has 40 heavy (non-hydrogen) atoms. The maximum Gasteiger partial charge on any atom is 0.410 e. The summed E-state index contributed by atoms with van der Waals surface area (Å²) in [6.45, 7) is 6.38. The van der Waals surface area contributed by atoms with Crippen LogP contribution in [0.2, 0.25) is 5.02 Å². The van der Waals surface area contributed by atoms with E-state index in [0.29, 0.717) is 54.9 Å². The molecule has 1 aromatic heterocycles. The number of rotatable bonds is 7. The fraction of sp³-hybridized carbons (Fsp3) is 0.429. The van der Waals surface area contributed by atoms with Gasteiger partial charge in [-0.2, -0.15) is 0 Å². The Morgan fingerprint density at radius 1 is 1.23 bits per heavy atom. The minimum Gasteiger partial charge on any atom is -0.496 e. The Morgan fingerprint density at radius 2 is 1.93 bits per heavy atom. The van der Waals surface area contributed by atoms with E-state index in [1.807, 2.05) is 38.8 Å². The molecule has 2 aromatic carbocycles. The van der Waals surface area contributed by atoms with Crippen LogP contribution in [-0.4, -0.2) is 70.2 Å². The number of aromatic nitrogens is 2. The molecule has 1 aliphatic rings. The highest BCUT2D eigenvalue weighted by Crippen LogP contribution is 2.35. The van der Waals surface area contributed by atoms with E-state index in [-0.39, 0.29) is 10.7 Å². The summed E-state index contributed by atoms with van der Waals surface area (Å²) in [6, 6.07) is 8.28. The molecular formula is C28H34ClFN6O4. The van der Waals surface area contributed by atoms with Crippen LogP contribution in [0.4, 0.5) is 20.7 Å². The third-order valence-electron chi connectivity index (χ3n) is 7.08. The number of likely N-dealkylation sites (N-methyl/N-ethyl adjacent to an activating group) is 1. The molecule has 1 fully saturated rings. The fourth-order valence-electron chi connectivity index (χ4n) is 4.88. The molecule has 0 saturated carbocycles. The zero-order chi connectivity index (χ0) is 29.2. The Kier molecular flexibility index (Phi) is 8.36. The first-order valence-corrected chi connectivity index (χ1v) is 13.2. The van der Waals surface area contributed by atoms with Crippen LogP contribution in [0, 0.1) is 5.82 Å². The Labute approximate surface area is 237 Å². The average Bonchev–Trinajstić information content (AvgIpc) is 2.90. The molecule has 0 aliphatic carbocycles. The summed E-state index contributed by atoms with van der Waals surface area (Å²) in [5.41, 5.74) is 5.85. The maximum atomic E-state index is 14.6. The smallest absolute Gasteiger partial charge is 0.410 e. The molecule has 10 nitrogen and oxygen atoms in total. The molecule has 214 valence electrons. The number of nitrogens with one attached hydrogen (secondary N) is 1. The summed E-state index contributed by atoms with van der Waals surface area (Å²) in [7, 11) is 3.37. The summed E-state index contributed by atoms with van der Waals surface area (Å²) in [4.78, 5) is 37.6. The highest BCUT2D eigenvalue weighted by molar-refractivity contribution is 6.31. The van der Waals surface area contributed by atoms with Crippen LogP contribution in [0.15, 0.2) is 36.7 Å². The molecule has 3 aromatic rings. The van der Waals surface area contributed by atoms with E-state index < -0.39 is 29.0 Å². The first kappa shape index (κ1) is 29.3. The van der Waals surface area contributed by atoms with Crippen molar-refractivity contribution in [3.63, 3.8) is 0 Å². The number of hydrogen-bond donors (Lipinski definition) is 2. The number of ether oxygens (including phenoxy) is 2. The van der Waals surface area contributed by atoms with Crippen LogP contribution in [0.1, 0.15) is 39.2 Å². The molecule has 0 radical (unpaired) electrons. The minimum atomic E-state index is -0.989. The monoisotopic (exact) mass is 572 g/mol. The molecule has 0 unspecified atom stereocenters. The predicted molar refractivity (Wildman–Crippen MR) is 151 cm³/mol. The number of primary amides is 1. The SMILES string of the molecule is COc1cc2ncnc(Nc3cccc(Cl)c3F)c2cc1CN(C)C1(C(N)=O)CCN(C(=O)OC(C)(C)C)CC1. The number of likely N-dealkylation sites (tertiary alicyclic amines) is 1. The molecule has 12 heteroatoms. The van der Waals surface area contributed by atoms with Gasteiger partial charge in [-0.15, -0.1) is 0 Å². The van der Waals surface area contributed by atoms with Crippen molar-refractivity contribution in [3.8, 4) is 5.75 Å². The second-order valence-corrected chi connectivity index (χ2v) is 11.3. The molecule has 1 saturated heterocycles. The van der Waals surface area contributed by atoms with Crippen LogP contribution in [0.3, 0.4) is 0 Å². The van der Waals surface area contributed by atoms with Crippen LogP contribution < -0.4 is 15.8 Å². The van der Waals surface area contributed by atoms with E-state index in [9.17, 15) is 14.0 Å². The highest BCUT2D eigenvalue weighted by atomic mass is 35.5. The van der Waals surface area contributed by atoms with E-state index >= 15 is 0 Å². The number of amides is 2. The number of methoxy groups -OCH3 is 1. The lowest BCUT2D eigenvalue weighted by atomic mass is 9.84. The Morgan fingerprint density at radius 3 is 2.55 bits per heavy atom. The second kappa shape index (κ2) is 11.4. The molecule has 0 atom stereocenters. The lowest BCUT2D eigenvalue weighted by molar-refractivity contribution is -0.133. The van der Waals surface area contributed by atoms with Crippen molar-refractivity contribution >= 4 is 46.0 Å². The van der Waals surface area contributed by atoms with E-state index in [2.05, 4.69) is 15.3 Å². The normalized spacial score (nSPS) is 15.2. The van der Waals surface area contributed by atoms with Gasteiger partial charge in [0, 0.05) is 36.7 Å². The van der Waals surface area contributed by atoms with Crippen LogP contribution >= 0.6 is 11.6 Å². The number of fused-ring (bicyclic) bond motifs is 1. The minimum absolute atomic E-state index is 0.0122. The van der Waals surface area contributed by atoms with E-state index in [1.54, 1.807) is 30.2 Å². The zero-order valence-electron chi connectivity index (χ0n) is 23.3. The van der Waals surface area contributed by atoms with Crippen molar-refractivity contribution < 1.29 is 23.5 Å². The van der Waals surface area contributed by atoms with Gasteiger partial charge < -0.3 is 25.4 Å². The van der Waals surface area contributed by atoms with Gasteiger partial charge in [0.15, 0.2) is 5.82 Å². The molecule has 2 heterocycles. The third kappa shape index (κ3) is 6.05. The molecular weight excluding hydrogens is 539 g/mol. The van der Waals surface area contributed by atoms with Gasteiger partial charge >= 0.3 is 6.09 Å². The summed E-state index contributed by atoms with van der Waals surface area (Å²) in [5.74, 6) is -0.122. The number of halogens is 2. The topological polar surface area (TPSA) is 123 Å². The van der Waals surface area contributed by atoms with E-state index in [1.165, 1.54) is 12.4 Å². The van der Waals surface area contributed by atoms with Crippen LogP contribution in [-0.2, 0) is 16.1 Å². The van der Waals surface area contributed by atoms with Crippen LogP contribution in [0.5, 0.6) is 5.75 Å². The van der Waals surface area contributed by atoms with Crippen molar-refractivity contribution in [2.75, 3.05) is 32.6 Å². The largest absolute Gasteiger partial charge is 0.496 e. The van der Waals surface area contributed by atoms with E-state index in [4.69, 9.17) is 26.8 Å². The number of anilines is 2. The summed E-state index contributed by atoms with van der Waals surface area (Å²) in [5, 5.41) is 3.62. The Balaban J connectivity index is 1.62. The molecule has 1 aliphatic heterocycles. The van der Waals surface area contributed by atoms with Gasteiger partial charge in [0.05, 0.1) is 23.3 Å². The Hall–Kier alpha value is -3.70.